The number of carbonyl (C=O) groups is 1. The van der Waals surface area contributed by atoms with Gasteiger partial charge in [0.05, 0.1) is 11.9 Å². The van der Waals surface area contributed by atoms with E-state index in [9.17, 15) is 4.79 Å². The Morgan fingerprint density at radius 1 is 1.15 bits per heavy atom. The van der Waals surface area contributed by atoms with Gasteiger partial charge in [-0.2, -0.15) is 0 Å². The summed E-state index contributed by atoms with van der Waals surface area (Å²) in [5.74, 6) is 0.640. The van der Waals surface area contributed by atoms with Crippen LogP contribution >= 0.6 is 11.8 Å². The van der Waals surface area contributed by atoms with Crippen LogP contribution in [0.4, 0.5) is 0 Å². The standard InChI is InChI=1S/C22H27NO3S/c1-18(27-17-20-10-6-3-7-11-20)22(24)26-16-21-15-23(12-13-25-21)14-19-8-4-2-5-9-19/h2-11,18,21H,12-17H2,1H3. The predicted molar refractivity (Wildman–Crippen MR) is 110 cm³/mol. The van der Waals surface area contributed by atoms with Crippen molar-refractivity contribution in [3.8, 4) is 0 Å². The molecule has 1 saturated heterocycles. The van der Waals surface area contributed by atoms with Gasteiger partial charge in [-0.1, -0.05) is 60.7 Å². The summed E-state index contributed by atoms with van der Waals surface area (Å²) in [5, 5.41) is -0.186. The first-order valence-corrected chi connectivity index (χ1v) is 10.5. The number of esters is 1. The maximum atomic E-state index is 12.3. The lowest BCUT2D eigenvalue weighted by atomic mass is 10.2. The molecule has 1 heterocycles. The third-order valence-corrected chi connectivity index (χ3v) is 5.75. The van der Waals surface area contributed by atoms with Gasteiger partial charge in [0.25, 0.3) is 0 Å². The predicted octanol–water partition coefficient (Wildman–Crippen LogP) is 3.75. The van der Waals surface area contributed by atoms with Gasteiger partial charge in [-0.05, 0) is 18.1 Å². The first-order valence-electron chi connectivity index (χ1n) is 9.41. The molecule has 0 aliphatic carbocycles. The molecule has 5 heteroatoms. The molecule has 1 aliphatic heterocycles. The van der Waals surface area contributed by atoms with Crippen LogP contribution in [0.5, 0.6) is 0 Å². The SMILES string of the molecule is CC(SCc1ccccc1)C(=O)OCC1CN(Cc2ccccc2)CCO1. The van der Waals surface area contributed by atoms with E-state index in [0.717, 1.165) is 25.4 Å². The normalized spacial score (nSPS) is 18.8. The molecule has 0 spiro atoms. The fourth-order valence-electron chi connectivity index (χ4n) is 3.02. The van der Waals surface area contributed by atoms with Crippen molar-refractivity contribution >= 4 is 17.7 Å². The first kappa shape index (κ1) is 19.9. The Morgan fingerprint density at radius 3 is 2.52 bits per heavy atom. The monoisotopic (exact) mass is 385 g/mol. The van der Waals surface area contributed by atoms with E-state index in [1.165, 1.54) is 11.1 Å². The number of rotatable bonds is 8. The van der Waals surface area contributed by atoms with Crippen molar-refractivity contribution < 1.29 is 14.3 Å². The van der Waals surface area contributed by atoms with E-state index in [0.29, 0.717) is 13.2 Å². The Bertz CT molecular complexity index is 695. The summed E-state index contributed by atoms with van der Waals surface area (Å²) in [6.07, 6.45) is -0.0577. The van der Waals surface area contributed by atoms with E-state index < -0.39 is 0 Å². The molecule has 2 aromatic carbocycles. The number of nitrogens with zero attached hydrogens (tertiary/aromatic N) is 1. The number of hydrogen-bond donors (Lipinski definition) is 0. The second-order valence-electron chi connectivity index (χ2n) is 6.78. The fraction of sp³-hybridized carbons (Fsp3) is 0.409. The van der Waals surface area contributed by atoms with Crippen molar-refractivity contribution in [2.45, 2.75) is 30.6 Å². The molecule has 0 amide bonds. The van der Waals surface area contributed by atoms with Gasteiger partial charge in [0.2, 0.25) is 0 Å². The molecule has 3 rings (SSSR count). The number of benzene rings is 2. The van der Waals surface area contributed by atoms with Gasteiger partial charge in [0, 0.05) is 25.4 Å². The molecule has 1 fully saturated rings. The molecule has 0 saturated carbocycles. The second kappa shape index (κ2) is 10.5. The summed E-state index contributed by atoms with van der Waals surface area (Å²) >= 11 is 1.60. The van der Waals surface area contributed by atoms with Crippen molar-refractivity contribution in [1.82, 2.24) is 4.90 Å². The first-order chi connectivity index (χ1) is 13.2. The summed E-state index contributed by atoms with van der Waals surface area (Å²) in [5.41, 5.74) is 2.51. The van der Waals surface area contributed by atoms with Crippen molar-refractivity contribution in [1.29, 1.82) is 0 Å². The molecular formula is C22H27NO3S. The zero-order valence-corrected chi connectivity index (χ0v) is 16.6. The Hall–Kier alpha value is -1.82. The molecule has 0 radical (unpaired) electrons. The zero-order valence-electron chi connectivity index (χ0n) is 15.8. The molecule has 144 valence electrons. The van der Waals surface area contributed by atoms with Gasteiger partial charge >= 0.3 is 5.97 Å². The van der Waals surface area contributed by atoms with Gasteiger partial charge in [-0.15, -0.1) is 11.8 Å². The minimum Gasteiger partial charge on any atom is -0.462 e. The van der Waals surface area contributed by atoms with Crippen LogP contribution in [0.1, 0.15) is 18.1 Å². The molecule has 2 atom stereocenters. The molecule has 1 aliphatic rings. The average molecular weight is 386 g/mol. The Balaban J connectivity index is 1.38. The van der Waals surface area contributed by atoms with Crippen molar-refractivity contribution in [3.63, 3.8) is 0 Å². The van der Waals surface area contributed by atoms with Crippen molar-refractivity contribution in [3.05, 3.63) is 71.8 Å². The second-order valence-corrected chi connectivity index (χ2v) is 8.11. The minimum absolute atomic E-state index is 0.0577. The minimum atomic E-state index is -0.186. The van der Waals surface area contributed by atoms with Crippen LogP contribution < -0.4 is 0 Å². The maximum absolute atomic E-state index is 12.3. The van der Waals surface area contributed by atoms with Gasteiger partial charge in [-0.25, -0.2) is 0 Å². The summed E-state index contributed by atoms with van der Waals surface area (Å²) in [4.78, 5) is 14.6. The highest BCUT2D eigenvalue weighted by molar-refractivity contribution is 7.99. The van der Waals surface area contributed by atoms with Crippen LogP contribution in [0.15, 0.2) is 60.7 Å². The maximum Gasteiger partial charge on any atom is 0.318 e. The fourth-order valence-corrected chi connectivity index (χ4v) is 3.86. The molecule has 2 aromatic rings. The third kappa shape index (κ3) is 6.69. The highest BCUT2D eigenvalue weighted by Crippen LogP contribution is 2.19. The van der Waals surface area contributed by atoms with Crippen LogP contribution in [-0.4, -0.2) is 48.5 Å². The lowest BCUT2D eigenvalue weighted by Gasteiger charge is -2.32. The molecule has 4 nitrogen and oxygen atoms in total. The molecule has 0 aromatic heterocycles. The Labute approximate surface area is 165 Å². The van der Waals surface area contributed by atoms with Crippen LogP contribution in [0.3, 0.4) is 0 Å². The third-order valence-electron chi connectivity index (χ3n) is 4.56. The number of morpholine rings is 1. The highest BCUT2D eigenvalue weighted by atomic mass is 32.2. The Morgan fingerprint density at radius 2 is 1.81 bits per heavy atom. The molecular weight excluding hydrogens is 358 g/mol. The molecule has 0 bridgehead atoms. The van der Waals surface area contributed by atoms with E-state index in [-0.39, 0.29) is 17.3 Å². The number of hydrogen-bond acceptors (Lipinski definition) is 5. The van der Waals surface area contributed by atoms with Gasteiger partial charge in [-0.3, -0.25) is 9.69 Å². The molecule has 0 N–H and O–H groups in total. The summed E-state index contributed by atoms with van der Waals surface area (Å²) in [6.45, 7) is 5.49. The highest BCUT2D eigenvalue weighted by Gasteiger charge is 2.23. The molecule has 27 heavy (non-hydrogen) atoms. The topological polar surface area (TPSA) is 38.8 Å². The van der Waals surface area contributed by atoms with Crippen LogP contribution in [0, 0.1) is 0 Å². The van der Waals surface area contributed by atoms with E-state index in [2.05, 4.69) is 41.3 Å². The van der Waals surface area contributed by atoms with Crippen molar-refractivity contribution in [2.75, 3.05) is 26.3 Å². The average Bonchev–Trinajstić information content (AvgIpc) is 2.72. The van der Waals surface area contributed by atoms with Crippen LogP contribution in [0.2, 0.25) is 0 Å². The smallest absolute Gasteiger partial charge is 0.318 e. The lowest BCUT2D eigenvalue weighted by molar-refractivity contribution is -0.149. The van der Waals surface area contributed by atoms with Crippen LogP contribution in [0.25, 0.3) is 0 Å². The van der Waals surface area contributed by atoms with E-state index in [1.54, 1.807) is 11.8 Å². The Kier molecular flexibility index (Phi) is 7.75. The van der Waals surface area contributed by atoms with Crippen LogP contribution in [-0.2, 0) is 26.6 Å². The summed E-state index contributed by atoms with van der Waals surface area (Å²) < 4.78 is 11.3. The number of thioether (sulfide) groups is 1. The van der Waals surface area contributed by atoms with Crippen molar-refractivity contribution in [2.24, 2.45) is 0 Å². The van der Waals surface area contributed by atoms with E-state index in [4.69, 9.17) is 9.47 Å². The summed E-state index contributed by atoms with van der Waals surface area (Å²) in [7, 11) is 0. The zero-order chi connectivity index (χ0) is 18.9. The largest absolute Gasteiger partial charge is 0.462 e. The van der Waals surface area contributed by atoms with Gasteiger partial charge < -0.3 is 9.47 Å². The number of ether oxygens (including phenoxy) is 2. The molecule has 2 unspecified atom stereocenters. The van der Waals surface area contributed by atoms with E-state index in [1.807, 2.05) is 31.2 Å². The van der Waals surface area contributed by atoms with Gasteiger partial charge in [0.1, 0.15) is 12.7 Å². The van der Waals surface area contributed by atoms with E-state index >= 15 is 0 Å². The quantitative estimate of drug-likeness (QED) is 0.647. The summed E-state index contributed by atoms with van der Waals surface area (Å²) in [6, 6.07) is 20.6. The lowest BCUT2D eigenvalue weighted by Crippen LogP contribution is -2.44. The van der Waals surface area contributed by atoms with Gasteiger partial charge in [0.15, 0.2) is 0 Å². The number of carbonyl (C=O) groups excluding carboxylic acids is 1.